The van der Waals surface area contributed by atoms with Crippen LogP contribution < -0.4 is 5.32 Å². The number of benzene rings is 1. The van der Waals surface area contributed by atoms with Gasteiger partial charge < -0.3 is 5.32 Å². The summed E-state index contributed by atoms with van der Waals surface area (Å²) in [7, 11) is 0. The molecule has 0 atom stereocenters. The van der Waals surface area contributed by atoms with Gasteiger partial charge in [-0.05, 0) is 26.3 Å². The lowest BCUT2D eigenvalue weighted by Gasteiger charge is -2.08. The van der Waals surface area contributed by atoms with Crippen LogP contribution in [-0.2, 0) is 4.79 Å². The van der Waals surface area contributed by atoms with Crippen LogP contribution in [0.25, 0.3) is 17.0 Å². The first-order valence-electron chi connectivity index (χ1n) is 8.81. The Labute approximate surface area is 148 Å². The van der Waals surface area contributed by atoms with Crippen LogP contribution in [0.1, 0.15) is 43.9 Å². The number of carbonyl (C=O) groups excluding carboxylic acids is 1. The minimum absolute atomic E-state index is 0.0178. The molecule has 5 heteroatoms. The highest BCUT2D eigenvalue weighted by molar-refractivity contribution is 5.94. The van der Waals surface area contributed by atoms with Crippen LogP contribution in [0.4, 0.5) is 5.82 Å². The van der Waals surface area contributed by atoms with Crippen molar-refractivity contribution in [1.82, 2.24) is 14.4 Å². The third kappa shape index (κ3) is 3.87. The number of carbonyl (C=O) groups is 1. The Balaban J connectivity index is 2.00. The molecule has 0 fully saturated rings. The molecule has 3 aromatic rings. The molecular formula is C20H24N4O. The van der Waals surface area contributed by atoms with Crippen molar-refractivity contribution in [1.29, 1.82) is 0 Å². The van der Waals surface area contributed by atoms with Gasteiger partial charge in [0.2, 0.25) is 11.7 Å². The van der Waals surface area contributed by atoms with E-state index in [2.05, 4.69) is 29.1 Å². The number of amides is 1. The van der Waals surface area contributed by atoms with Crippen molar-refractivity contribution in [3.63, 3.8) is 0 Å². The molecule has 0 radical (unpaired) electrons. The first kappa shape index (κ1) is 17.1. The number of hydrogen-bond acceptors (Lipinski definition) is 3. The molecule has 0 aliphatic carbocycles. The van der Waals surface area contributed by atoms with E-state index in [1.807, 2.05) is 47.9 Å². The summed E-state index contributed by atoms with van der Waals surface area (Å²) in [5, 5.41) is 3.05. The predicted octanol–water partition coefficient (Wildman–Crippen LogP) is 4.53. The highest BCUT2D eigenvalue weighted by Gasteiger charge is 2.17. The molecule has 130 valence electrons. The van der Waals surface area contributed by atoms with E-state index in [-0.39, 0.29) is 5.91 Å². The van der Waals surface area contributed by atoms with E-state index in [0.29, 0.717) is 18.0 Å². The Bertz CT molecular complexity index is 881. The molecule has 0 spiro atoms. The monoisotopic (exact) mass is 336 g/mol. The largest absolute Gasteiger partial charge is 0.310 e. The van der Waals surface area contributed by atoms with Crippen molar-refractivity contribution in [2.24, 2.45) is 0 Å². The van der Waals surface area contributed by atoms with E-state index in [4.69, 9.17) is 0 Å². The van der Waals surface area contributed by atoms with Crippen LogP contribution in [0, 0.1) is 13.8 Å². The Morgan fingerprint density at radius 3 is 2.56 bits per heavy atom. The number of nitrogens with zero attached hydrogens (tertiary/aromatic N) is 3. The fraction of sp³-hybridized carbons (Fsp3) is 0.350. The Morgan fingerprint density at radius 1 is 1.08 bits per heavy atom. The summed E-state index contributed by atoms with van der Waals surface area (Å²) in [5.41, 5.74) is 3.81. The molecule has 0 saturated heterocycles. The maximum Gasteiger partial charge on any atom is 0.236 e. The normalized spacial score (nSPS) is 11.0. The molecule has 0 saturated carbocycles. The van der Waals surface area contributed by atoms with Crippen molar-refractivity contribution in [3.8, 4) is 11.3 Å². The number of aromatic nitrogens is 3. The molecule has 0 bridgehead atoms. The summed E-state index contributed by atoms with van der Waals surface area (Å²) < 4.78 is 1.85. The van der Waals surface area contributed by atoms with Crippen molar-refractivity contribution in [3.05, 3.63) is 47.8 Å². The predicted molar refractivity (Wildman–Crippen MR) is 101 cm³/mol. The van der Waals surface area contributed by atoms with Gasteiger partial charge in [0.15, 0.2) is 0 Å². The summed E-state index contributed by atoms with van der Waals surface area (Å²) in [6, 6.07) is 10.1. The van der Waals surface area contributed by atoms with Crippen LogP contribution in [0.15, 0.2) is 36.5 Å². The number of imidazole rings is 1. The second kappa shape index (κ2) is 7.47. The van der Waals surface area contributed by atoms with Crippen molar-refractivity contribution >= 4 is 17.5 Å². The van der Waals surface area contributed by atoms with Gasteiger partial charge in [-0.15, -0.1) is 0 Å². The van der Waals surface area contributed by atoms with E-state index in [9.17, 15) is 4.79 Å². The lowest BCUT2D eigenvalue weighted by atomic mass is 10.1. The molecule has 0 aliphatic rings. The lowest BCUT2D eigenvalue weighted by molar-refractivity contribution is -0.116. The minimum Gasteiger partial charge on any atom is -0.310 e. The zero-order valence-corrected chi connectivity index (χ0v) is 15.0. The van der Waals surface area contributed by atoms with Gasteiger partial charge in [-0.2, -0.15) is 0 Å². The number of hydrogen-bond donors (Lipinski definition) is 1. The first-order chi connectivity index (χ1) is 12.1. The lowest BCUT2D eigenvalue weighted by Crippen LogP contribution is -2.13. The third-order valence-electron chi connectivity index (χ3n) is 4.22. The zero-order valence-electron chi connectivity index (χ0n) is 15.0. The smallest absolute Gasteiger partial charge is 0.236 e. The average molecular weight is 336 g/mol. The van der Waals surface area contributed by atoms with Gasteiger partial charge in [0.1, 0.15) is 11.5 Å². The van der Waals surface area contributed by atoms with Gasteiger partial charge in [0, 0.05) is 23.9 Å². The summed E-state index contributed by atoms with van der Waals surface area (Å²) in [6.45, 7) is 6.11. The fourth-order valence-corrected chi connectivity index (χ4v) is 2.78. The maximum atomic E-state index is 12.4. The van der Waals surface area contributed by atoms with Gasteiger partial charge in [0.25, 0.3) is 0 Å². The fourth-order valence-electron chi connectivity index (χ4n) is 2.78. The molecule has 5 nitrogen and oxygen atoms in total. The van der Waals surface area contributed by atoms with Crippen LogP contribution in [-0.4, -0.2) is 20.3 Å². The van der Waals surface area contributed by atoms with E-state index in [1.165, 1.54) is 5.56 Å². The minimum atomic E-state index is 0.0178. The molecule has 1 aromatic carbocycles. The van der Waals surface area contributed by atoms with Gasteiger partial charge in [-0.1, -0.05) is 49.6 Å². The quantitative estimate of drug-likeness (QED) is 0.673. The summed E-state index contributed by atoms with van der Waals surface area (Å²) in [4.78, 5) is 21.5. The highest BCUT2D eigenvalue weighted by atomic mass is 16.1. The number of nitrogens with one attached hydrogen (secondary N) is 1. The van der Waals surface area contributed by atoms with E-state index in [0.717, 1.165) is 36.2 Å². The van der Waals surface area contributed by atoms with Crippen molar-refractivity contribution < 1.29 is 4.79 Å². The second-order valence-electron chi connectivity index (χ2n) is 6.42. The molecule has 1 amide bonds. The van der Waals surface area contributed by atoms with E-state index >= 15 is 0 Å². The maximum absolute atomic E-state index is 12.4. The van der Waals surface area contributed by atoms with E-state index < -0.39 is 0 Å². The highest BCUT2D eigenvalue weighted by Crippen LogP contribution is 2.28. The number of unbranched alkanes of at least 4 members (excludes halogenated alkanes) is 2. The van der Waals surface area contributed by atoms with Gasteiger partial charge >= 0.3 is 0 Å². The average Bonchev–Trinajstić information content (AvgIpc) is 2.93. The van der Waals surface area contributed by atoms with Crippen LogP contribution >= 0.6 is 0 Å². The Kier molecular flexibility index (Phi) is 5.12. The molecule has 2 heterocycles. The third-order valence-corrected chi connectivity index (χ3v) is 4.22. The van der Waals surface area contributed by atoms with Crippen molar-refractivity contribution in [2.45, 2.75) is 46.5 Å². The second-order valence-corrected chi connectivity index (χ2v) is 6.42. The molecular weight excluding hydrogens is 312 g/mol. The standard InChI is InChI=1S/C20H24N4O/c1-4-5-6-7-17(25)22-19-18(16-10-8-14(2)9-11-16)23-20-21-15(3)12-13-24(19)20/h8-13H,4-7H2,1-3H3,(H,22,25). The number of anilines is 1. The van der Waals surface area contributed by atoms with Crippen LogP contribution in [0.2, 0.25) is 0 Å². The summed E-state index contributed by atoms with van der Waals surface area (Å²) in [6.07, 6.45) is 5.49. The SMILES string of the molecule is CCCCCC(=O)Nc1c(-c2ccc(C)cc2)nc2nc(C)ccn12. The first-order valence-corrected chi connectivity index (χ1v) is 8.81. The summed E-state index contributed by atoms with van der Waals surface area (Å²) >= 11 is 0. The topological polar surface area (TPSA) is 59.3 Å². The molecule has 2 aromatic heterocycles. The Hall–Kier alpha value is -2.69. The Morgan fingerprint density at radius 2 is 1.84 bits per heavy atom. The zero-order chi connectivity index (χ0) is 17.8. The molecule has 0 aliphatic heterocycles. The number of aryl methyl sites for hydroxylation is 2. The van der Waals surface area contributed by atoms with Crippen LogP contribution in [0.5, 0.6) is 0 Å². The molecule has 25 heavy (non-hydrogen) atoms. The molecule has 3 rings (SSSR count). The van der Waals surface area contributed by atoms with Crippen molar-refractivity contribution in [2.75, 3.05) is 5.32 Å². The van der Waals surface area contributed by atoms with E-state index in [1.54, 1.807) is 0 Å². The number of rotatable bonds is 6. The molecule has 0 unspecified atom stereocenters. The van der Waals surface area contributed by atoms with Gasteiger partial charge in [0.05, 0.1) is 0 Å². The van der Waals surface area contributed by atoms with Gasteiger partial charge in [-0.3, -0.25) is 9.20 Å². The summed E-state index contributed by atoms with van der Waals surface area (Å²) in [5.74, 6) is 1.30. The molecule has 1 N–H and O–H groups in total. The van der Waals surface area contributed by atoms with Gasteiger partial charge in [-0.25, -0.2) is 9.97 Å². The van der Waals surface area contributed by atoms with Crippen LogP contribution in [0.3, 0.4) is 0 Å². The number of fused-ring (bicyclic) bond motifs is 1.